The van der Waals surface area contributed by atoms with Gasteiger partial charge in [-0.1, -0.05) is 24.3 Å². The molecule has 6 rings (SSSR count). The molecular formula is C27H29N3O5S. The second kappa shape index (κ2) is 8.83. The van der Waals surface area contributed by atoms with Crippen molar-refractivity contribution in [3.05, 3.63) is 54.7 Å². The highest BCUT2D eigenvalue weighted by Gasteiger charge is 2.47. The van der Waals surface area contributed by atoms with Crippen molar-refractivity contribution in [2.24, 2.45) is 0 Å². The van der Waals surface area contributed by atoms with E-state index >= 15 is 0 Å². The normalized spacial score (nSPS) is 20.7. The fourth-order valence-corrected chi connectivity index (χ4v) is 6.70. The third kappa shape index (κ3) is 4.25. The third-order valence-corrected chi connectivity index (χ3v) is 9.54. The van der Waals surface area contributed by atoms with Crippen molar-refractivity contribution >= 4 is 26.8 Å². The van der Waals surface area contributed by atoms with Gasteiger partial charge in [0, 0.05) is 24.5 Å². The van der Waals surface area contributed by atoms with Gasteiger partial charge in [0.25, 0.3) is 0 Å². The van der Waals surface area contributed by atoms with Crippen LogP contribution < -0.4 is 4.74 Å². The maximum Gasteiger partial charge on any atom is 0.248 e. The summed E-state index contributed by atoms with van der Waals surface area (Å²) in [7, 11) is -2.00. The Morgan fingerprint density at radius 1 is 1.03 bits per heavy atom. The summed E-state index contributed by atoms with van der Waals surface area (Å²) in [5.74, 6) is 0.761. The number of carbonyl (C=O) groups excluding carboxylic acids is 1. The smallest absolute Gasteiger partial charge is 0.248 e. The highest BCUT2D eigenvalue weighted by atomic mass is 32.2. The van der Waals surface area contributed by atoms with Gasteiger partial charge in [-0.15, -0.1) is 0 Å². The highest BCUT2D eigenvalue weighted by molar-refractivity contribution is 7.89. The second-order valence-corrected chi connectivity index (χ2v) is 11.9. The monoisotopic (exact) mass is 507 g/mol. The summed E-state index contributed by atoms with van der Waals surface area (Å²) < 4.78 is 39.5. The molecule has 0 N–H and O–H groups in total. The SMILES string of the molecule is COc1cnc2cc(-c3ccc(S(=O)(=O)N4CCC5(CC4)CN(C4CC4)C(=O)CO5)cc3)ccc2c1. The van der Waals surface area contributed by atoms with Crippen molar-refractivity contribution in [2.45, 2.75) is 42.2 Å². The van der Waals surface area contributed by atoms with Gasteiger partial charge in [0.15, 0.2) is 0 Å². The van der Waals surface area contributed by atoms with Crippen LogP contribution in [0, 0.1) is 0 Å². The van der Waals surface area contributed by atoms with E-state index in [-0.39, 0.29) is 17.4 Å². The Balaban J connectivity index is 1.16. The van der Waals surface area contributed by atoms with Crippen LogP contribution in [-0.4, -0.2) is 73.5 Å². The van der Waals surface area contributed by atoms with Gasteiger partial charge in [-0.25, -0.2) is 8.42 Å². The van der Waals surface area contributed by atoms with E-state index < -0.39 is 15.6 Å². The summed E-state index contributed by atoms with van der Waals surface area (Å²) in [6.07, 6.45) is 4.99. The summed E-state index contributed by atoms with van der Waals surface area (Å²) in [5, 5.41) is 0.978. The maximum absolute atomic E-state index is 13.4. The van der Waals surface area contributed by atoms with Crippen LogP contribution in [0.1, 0.15) is 25.7 Å². The number of hydrogen-bond donors (Lipinski definition) is 0. The predicted molar refractivity (Wildman–Crippen MR) is 135 cm³/mol. The van der Waals surface area contributed by atoms with Gasteiger partial charge in [0.1, 0.15) is 12.4 Å². The molecule has 1 aliphatic carbocycles. The average molecular weight is 508 g/mol. The molecule has 1 amide bonds. The number of aromatic nitrogens is 1. The van der Waals surface area contributed by atoms with Crippen molar-refractivity contribution in [3.63, 3.8) is 0 Å². The van der Waals surface area contributed by atoms with E-state index in [4.69, 9.17) is 9.47 Å². The number of benzene rings is 2. The van der Waals surface area contributed by atoms with E-state index in [1.165, 1.54) is 0 Å². The lowest BCUT2D eigenvalue weighted by Gasteiger charge is -2.46. The van der Waals surface area contributed by atoms with E-state index in [9.17, 15) is 13.2 Å². The van der Waals surface area contributed by atoms with Crippen molar-refractivity contribution in [3.8, 4) is 16.9 Å². The summed E-state index contributed by atoms with van der Waals surface area (Å²) in [5.41, 5.74) is 2.31. The van der Waals surface area contributed by atoms with Crippen molar-refractivity contribution in [1.82, 2.24) is 14.2 Å². The first-order valence-corrected chi connectivity index (χ1v) is 13.8. The van der Waals surface area contributed by atoms with Gasteiger partial charge in [0.05, 0.1) is 35.9 Å². The Morgan fingerprint density at radius 2 is 1.75 bits per heavy atom. The first kappa shape index (κ1) is 23.4. The number of amides is 1. The fraction of sp³-hybridized carbons (Fsp3) is 0.407. The standard InChI is InChI=1S/C27H29N3O5S/c1-34-23-14-21-3-2-20(15-25(21)28-16-23)19-4-8-24(9-5-19)36(32,33)29-12-10-27(11-13-29)18-30(22-6-7-22)26(31)17-35-27/h2-5,8-9,14-16,22H,6-7,10-13,17-18H2,1H3. The lowest BCUT2D eigenvalue weighted by Crippen LogP contribution is -2.59. The number of hydrogen-bond acceptors (Lipinski definition) is 6. The predicted octanol–water partition coefficient (Wildman–Crippen LogP) is 3.45. The molecule has 2 aromatic carbocycles. The first-order chi connectivity index (χ1) is 17.4. The van der Waals surface area contributed by atoms with Crippen LogP contribution in [0.2, 0.25) is 0 Å². The number of methoxy groups -OCH3 is 1. The Bertz CT molecular complexity index is 1410. The molecule has 9 heteroatoms. The molecule has 2 aliphatic heterocycles. The van der Waals surface area contributed by atoms with E-state index in [1.807, 2.05) is 41.3 Å². The summed E-state index contributed by atoms with van der Waals surface area (Å²) in [4.78, 5) is 18.9. The Morgan fingerprint density at radius 3 is 2.44 bits per heavy atom. The molecule has 0 atom stereocenters. The molecule has 1 spiro atoms. The Labute approximate surface area is 210 Å². The molecule has 1 saturated carbocycles. The van der Waals surface area contributed by atoms with Crippen LogP contribution in [0.5, 0.6) is 5.75 Å². The molecule has 3 heterocycles. The molecule has 0 unspecified atom stereocenters. The average Bonchev–Trinajstić information content (AvgIpc) is 3.75. The number of carbonyl (C=O) groups is 1. The lowest BCUT2D eigenvalue weighted by molar-refractivity contribution is -0.170. The van der Waals surface area contributed by atoms with E-state index in [0.29, 0.717) is 44.3 Å². The maximum atomic E-state index is 13.4. The third-order valence-electron chi connectivity index (χ3n) is 7.62. The number of morpholine rings is 1. The van der Waals surface area contributed by atoms with Crippen LogP contribution in [-0.2, 0) is 19.6 Å². The number of ether oxygens (including phenoxy) is 2. The molecule has 1 aromatic heterocycles. The highest BCUT2D eigenvalue weighted by Crippen LogP contribution is 2.37. The van der Waals surface area contributed by atoms with Gasteiger partial charge < -0.3 is 14.4 Å². The summed E-state index contributed by atoms with van der Waals surface area (Å²) >= 11 is 0. The molecule has 0 bridgehead atoms. The van der Waals surface area contributed by atoms with E-state index in [1.54, 1.807) is 29.7 Å². The number of rotatable bonds is 5. The molecule has 3 fully saturated rings. The molecule has 36 heavy (non-hydrogen) atoms. The molecule has 188 valence electrons. The molecule has 3 aromatic rings. The van der Waals surface area contributed by atoms with Crippen molar-refractivity contribution in [2.75, 3.05) is 33.4 Å². The van der Waals surface area contributed by atoms with E-state index in [0.717, 1.165) is 34.9 Å². The second-order valence-electron chi connectivity index (χ2n) is 9.94. The Hall–Kier alpha value is -3.01. The number of sulfonamides is 1. The van der Waals surface area contributed by atoms with Crippen LogP contribution in [0.15, 0.2) is 59.6 Å². The number of fused-ring (bicyclic) bond motifs is 1. The fourth-order valence-electron chi connectivity index (χ4n) is 5.26. The zero-order chi connectivity index (χ0) is 24.9. The topological polar surface area (TPSA) is 89.0 Å². The van der Waals surface area contributed by atoms with Crippen molar-refractivity contribution in [1.29, 1.82) is 0 Å². The number of pyridine rings is 1. The van der Waals surface area contributed by atoms with Gasteiger partial charge >= 0.3 is 0 Å². The van der Waals surface area contributed by atoms with Crippen LogP contribution in [0.3, 0.4) is 0 Å². The van der Waals surface area contributed by atoms with Gasteiger partial charge in [-0.2, -0.15) is 4.31 Å². The number of piperidine rings is 1. The van der Waals surface area contributed by atoms with Crippen molar-refractivity contribution < 1.29 is 22.7 Å². The van der Waals surface area contributed by atoms with Gasteiger partial charge in [0.2, 0.25) is 15.9 Å². The first-order valence-electron chi connectivity index (χ1n) is 12.3. The molecule has 2 saturated heterocycles. The van der Waals surface area contributed by atoms with Crippen LogP contribution >= 0.6 is 0 Å². The zero-order valence-corrected chi connectivity index (χ0v) is 21.0. The molecule has 8 nitrogen and oxygen atoms in total. The minimum absolute atomic E-state index is 0.0557. The van der Waals surface area contributed by atoms with Crippen LogP contribution in [0.4, 0.5) is 0 Å². The quantitative estimate of drug-likeness (QED) is 0.526. The van der Waals surface area contributed by atoms with E-state index in [2.05, 4.69) is 4.98 Å². The largest absolute Gasteiger partial charge is 0.495 e. The lowest BCUT2D eigenvalue weighted by atomic mass is 9.90. The Kier molecular flexibility index (Phi) is 5.74. The summed E-state index contributed by atoms with van der Waals surface area (Å²) in [6, 6.07) is 15.3. The molecule has 3 aliphatic rings. The molecular weight excluding hydrogens is 478 g/mol. The molecule has 0 radical (unpaired) electrons. The van der Waals surface area contributed by atoms with Gasteiger partial charge in [-0.3, -0.25) is 9.78 Å². The minimum atomic E-state index is -3.62. The number of nitrogens with zero attached hydrogens (tertiary/aromatic N) is 3. The zero-order valence-electron chi connectivity index (χ0n) is 20.2. The van der Waals surface area contributed by atoms with Gasteiger partial charge in [-0.05, 0) is 61.1 Å². The minimum Gasteiger partial charge on any atom is -0.495 e. The summed E-state index contributed by atoms with van der Waals surface area (Å²) in [6.45, 7) is 1.45. The van der Waals surface area contributed by atoms with Crippen LogP contribution in [0.25, 0.3) is 22.0 Å².